The van der Waals surface area contributed by atoms with Crippen LogP contribution in [-0.2, 0) is 16.8 Å². The van der Waals surface area contributed by atoms with Crippen LogP contribution in [0, 0.1) is 0 Å². The number of aromatic hydroxyl groups is 1. The van der Waals surface area contributed by atoms with Gasteiger partial charge in [-0.05, 0) is 59.2 Å². The molecule has 0 saturated heterocycles. The van der Waals surface area contributed by atoms with Crippen LogP contribution in [0.4, 0.5) is 4.79 Å². The lowest BCUT2D eigenvalue weighted by atomic mass is 9.71. The van der Waals surface area contributed by atoms with E-state index in [2.05, 4.69) is 35.1 Å². The molecule has 226 valence electrons. The lowest BCUT2D eigenvalue weighted by Crippen LogP contribution is -2.51. The zero-order chi connectivity index (χ0) is 31.3. The average molecular weight is 628 g/mol. The van der Waals surface area contributed by atoms with E-state index >= 15 is 0 Å². The predicted octanol–water partition coefficient (Wildman–Crippen LogP) is 4.92. The molecule has 12 heteroatoms. The van der Waals surface area contributed by atoms with Gasteiger partial charge in [-0.25, -0.2) is 9.59 Å². The monoisotopic (exact) mass is 626 g/mol. The fraction of sp³-hybridized carbons (Fsp3) is 0.290. The quantitative estimate of drug-likeness (QED) is 0.198. The van der Waals surface area contributed by atoms with E-state index in [1.165, 1.54) is 24.3 Å². The Morgan fingerprint density at radius 2 is 1.65 bits per heavy atom. The SMILES string of the molecule is CC1(C)CCC(NC(=O)NCC(NC(=O)c2c(Cl)cc(C(=O)NCc3cccc(O)c3)cc2Cl)C(=O)O)c2ccccc21. The Bertz CT molecular complexity index is 1540. The number of fused-ring (bicyclic) bond motifs is 1. The number of phenols is 1. The molecule has 0 fully saturated rings. The van der Waals surface area contributed by atoms with Gasteiger partial charge in [-0.1, -0.05) is 73.4 Å². The molecule has 2 atom stereocenters. The van der Waals surface area contributed by atoms with Gasteiger partial charge in [0.2, 0.25) is 0 Å². The van der Waals surface area contributed by atoms with E-state index in [0.717, 1.165) is 24.0 Å². The number of aliphatic carboxylic acids is 1. The minimum Gasteiger partial charge on any atom is -0.508 e. The molecule has 0 saturated carbocycles. The fourth-order valence-electron chi connectivity index (χ4n) is 5.07. The molecule has 1 aliphatic rings. The van der Waals surface area contributed by atoms with Gasteiger partial charge in [0.05, 0.1) is 28.2 Å². The van der Waals surface area contributed by atoms with E-state index in [0.29, 0.717) is 5.56 Å². The van der Waals surface area contributed by atoms with Gasteiger partial charge in [0.25, 0.3) is 11.8 Å². The smallest absolute Gasteiger partial charge is 0.328 e. The molecular weight excluding hydrogens is 595 g/mol. The number of benzene rings is 3. The summed E-state index contributed by atoms with van der Waals surface area (Å²) < 4.78 is 0. The summed E-state index contributed by atoms with van der Waals surface area (Å²) in [5.74, 6) is -2.74. The highest BCUT2D eigenvalue weighted by Crippen LogP contribution is 2.41. The second kappa shape index (κ2) is 13.4. The van der Waals surface area contributed by atoms with Crippen molar-refractivity contribution in [3.05, 3.63) is 98.5 Å². The molecule has 0 spiro atoms. The molecule has 2 unspecified atom stereocenters. The number of halogens is 2. The summed E-state index contributed by atoms with van der Waals surface area (Å²) in [6.07, 6.45) is 1.58. The van der Waals surface area contributed by atoms with E-state index in [4.69, 9.17) is 23.2 Å². The third-order valence-electron chi connectivity index (χ3n) is 7.39. The molecule has 3 aromatic carbocycles. The molecule has 10 nitrogen and oxygen atoms in total. The van der Waals surface area contributed by atoms with E-state index < -0.39 is 36.4 Å². The van der Waals surface area contributed by atoms with Crippen LogP contribution in [0.5, 0.6) is 5.75 Å². The maximum atomic E-state index is 13.0. The molecule has 4 amide bonds. The van der Waals surface area contributed by atoms with Crippen molar-refractivity contribution >= 4 is 47.0 Å². The Hall–Kier alpha value is -4.28. The first-order valence-electron chi connectivity index (χ1n) is 13.6. The zero-order valence-electron chi connectivity index (χ0n) is 23.5. The van der Waals surface area contributed by atoms with E-state index in [1.54, 1.807) is 12.1 Å². The number of carboxylic acid groups (broad SMARTS) is 1. The molecule has 43 heavy (non-hydrogen) atoms. The maximum absolute atomic E-state index is 13.0. The standard InChI is InChI=1S/C31H32Cl2N4O6/c1-31(2)11-10-24(20-8-3-4-9-21(20)31)37-30(43)35-16-25(29(41)42)36-28(40)26-22(32)13-18(14-23(26)33)27(39)34-15-17-6-5-7-19(38)12-17/h3-9,12-14,24-25,38H,10-11,15-16H2,1-2H3,(H,34,39)(H,36,40)(H,41,42)(H2,35,37,43). The van der Waals surface area contributed by atoms with Crippen LogP contribution in [0.25, 0.3) is 0 Å². The Balaban J connectivity index is 1.36. The summed E-state index contributed by atoms with van der Waals surface area (Å²) in [5.41, 5.74) is 2.66. The number of phenolic OH excluding ortho intramolecular Hbond substituents is 1. The van der Waals surface area contributed by atoms with Crippen LogP contribution in [0.1, 0.15) is 70.1 Å². The highest BCUT2D eigenvalue weighted by atomic mass is 35.5. The summed E-state index contributed by atoms with van der Waals surface area (Å²) in [6, 6.07) is 14.4. The van der Waals surface area contributed by atoms with E-state index in [1.807, 2.05) is 24.3 Å². The van der Waals surface area contributed by atoms with Gasteiger partial charge in [-0.2, -0.15) is 0 Å². The van der Waals surface area contributed by atoms with Gasteiger partial charge >= 0.3 is 12.0 Å². The Labute approximate surface area is 258 Å². The Morgan fingerprint density at radius 1 is 0.953 bits per heavy atom. The molecule has 6 N–H and O–H groups in total. The topological polar surface area (TPSA) is 157 Å². The normalized spacial score (nSPS) is 15.9. The number of urea groups is 1. The van der Waals surface area contributed by atoms with Crippen molar-refractivity contribution in [2.45, 2.75) is 50.7 Å². The van der Waals surface area contributed by atoms with Gasteiger partial charge in [0.15, 0.2) is 0 Å². The van der Waals surface area contributed by atoms with E-state index in [9.17, 15) is 29.4 Å². The predicted molar refractivity (Wildman–Crippen MR) is 163 cm³/mol. The third kappa shape index (κ3) is 7.77. The summed E-state index contributed by atoms with van der Waals surface area (Å²) in [6.45, 7) is 4.03. The minimum atomic E-state index is -1.49. The van der Waals surface area contributed by atoms with Gasteiger partial charge in [-0.15, -0.1) is 0 Å². The van der Waals surface area contributed by atoms with Gasteiger partial charge < -0.3 is 31.5 Å². The number of amides is 4. The number of rotatable bonds is 9. The molecule has 4 rings (SSSR count). The number of nitrogens with one attached hydrogen (secondary N) is 4. The molecule has 0 aliphatic heterocycles. The molecule has 1 aliphatic carbocycles. The van der Waals surface area contributed by atoms with Crippen LogP contribution in [0.3, 0.4) is 0 Å². The number of hydrogen-bond donors (Lipinski definition) is 6. The van der Waals surface area contributed by atoms with Crippen molar-refractivity contribution in [1.82, 2.24) is 21.3 Å². The molecule has 0 aromatic heterocycles. The Morgan fingerprint density at radius 3 is 2.33 bits per heavy atom. The molecular formula is C31H32Cl2N4O6. The molecule has 3 aromatic rings. The van der Waals surface area contributed by atoms with Crippen LogP contribution >= 0.6 is 23.2 Å². The first-order valence-corrected chi connectivity index (χ1v) is 14.3. The van der Waals surface area contributed by atoms with Crippen LogP contribution in [0.2, 0.25) is 10.0 Å². The van der Waals surface area contributed by atoms with E-state index in [-0.39, 0.29) is 44.9 Å². The minimum absolute atomic E-state index is 0.0263. The van der Waals surface area contributed by atoms with Gasteiger partial charge in [0, 0.05) is 12.1 Å². The first-order chi connectivity index (χ1) is 20.4. The lowest BCUT2D eigenvalue weighted by molar-refractivity contribution is -0.139. The summed E-state index contributed by atoms with van der Waals surface area (Å²) in [4.78, 5) is 50.2. The van der Waals surface area contributed by atoms with Crippen LogP contribution < -0.4 is 21.3 Å². The largest absolute Gasteiger partial charge is 0.508 e. The van der Waals surface area contributed by atoms with Crippen molar-refractivity contribution in [2.75, 3.05) is 6.54 Å². The third-order valence-corrected chi connectivity index (χ3v) is 7.99. The molecule has 0 heterocycles. The number of carbonyl (C=O) groups is 4. The van der Waals surface area contributed by atoms with Crippen molar-refractivity contribution in [3.63, 3.8) is 0 Å². The number of carboxylic acids is 1. The Kier molecular flexibility index (Phi) is 9.83. The molecule has 0 bridgehead atoms. The highest BCUT2D eigenvalue weighted by Gasteiger charge is 2.33. The summed E-state index contributed by atoms with van der Waals surface area (Å²) >= 11 is 12.6. The van der Waals surface area contributed by atoms with Crippen molar-refractivity contribution in [2.24, 2.45) is 0 Å². The average Bonchev–Trinajstić information content (AvgIpc) is 2.95. The fourth-order valence-corrected chi connectivity index (χ4v) is 5.73. The highest BCUT2D eigenvalue weighted by molar-refractivity contribution is 6.40. The first kappa shape index (κ1) is 31.7. The second-order valence-corrected chi connectivity index (χ2v) is 11.8. The molecule has 0 radical (unpaired) electrons. The number of hydrogen-bond acceptors (Lipinski definition) is 5. The zero-order valence-corrected chi connectivity index (χ0v) is 25.1. The lowest BCUT2D eigenvalue weighted by Gasteiger charge is -2.37. The van der Waals surface area contributed by atoms with Crippen molar-refractivity contribution < 1.29 is 29.4 Å². The summed E-state index contributed by atoms with van der Waals surface area (Å²) in [7, 11) is 0. The van der Waals surface area contributed by atoms with Gasteiger partial charge in [0.1, 0.15) is 11.8 Å². The summed E-state index contributed by atoms with van der Waals surface area (Å²) in [5, 5.41) is 29.4. The van der Waals surface area contributed by atoms with Gasteiger partial charge in [-0.3, -0.25) is 9.59 Å². The van der Waals surface area contributed by atoms with Crippen molar-refractivity contribution in [3.8, 4) is 5.75 Å². The second-order valence-electron chi connectivity index (χ2n) is 10.9. The maximum Gasteiger partial charge on any atom is 0.328 e. The van der Waals surface area contributed by atoms with Crippen molar-refractivity contribution in [1.29, 1.82) is 0 Å². The van der Waals surface area contributed by atoms with Crippen LogP contribution in [-0.4, -0.2) is 46.6 Å². The van der Waals surface area contributed by atoms with Crippen LogP contribution in [0.15, 0.2) is 60.7 Å². The number of carbonyl (C=O) groups excluding carboxylic acids is 3.